The minimum atomic E-state index is -2.02. The molecule has 7 nitrogen and oxygen atoms in total. The van der Waals surface area contributed by atoms with Crippen LogP contribution in [0.25, 0.3) is 0 Å². The highest BCUT2D eigenvalue weighted by molar-refractivity contribution is 6.04. The zero-order valence-electron chi connectivity index (χ0n) is 12.4. The standard InChI is InChI=1S/C15H19NO6/c1-3-8-22-11-6-4-10(5-7-11)13(18)12(16-9(2)17)14(19)15(20)21/h4-7,12,14,19H,3,8H2,1-2H3,(H,16,17)(H,20,21). The number of carbonyl (C=O) groups excluding carboxylic acids is 2. The summed E-state index contributed by atoms with van der Waals surface area (Å²) in [5, 5.41) is 20.6. The van der Waals surface area contributed by atoms with Gasteiger partial charge in [0.15, 0.2) is 11.9 Å². The number of amides is 1. The van der Waals surface area contributed by atoms with Gasteiger partial charge in [-0.1, -0.05) is 6.92 Å². The van der Waals surface area contributed by atoms with Crippen LogP contribution in [0, 0.1) is 0 Å². The molecule has 0 saturated heterocycles. The molecule has 0 aliphatic heterocycles. The lowest BCUT2D eigenvalue weighted by Gasteiger charge is -2.19. The van der Waals surface area contributed by atoms with Gasteiger partial charge in [-0.2, -0.15) is 0 Å². The molecule has 1 rings (SSSR count). The number of hydrogen-bond donors (Lipinski definition) is 3. The second-order valence-electron chi connectivity index (χ2n) is 4.70. The number of rotatable bonds is 8. The second-order valence-corrected chi connectivity index (χ2v) is 4.70. The summed E-state index contributed by atoms with van der Waals surface area (Å²) in [6.07, 6.45) is -1.18. The summed E-state index contributed by atoms with van der Waals surface area (Å²) >= 11 is 0. The van der Waals surface area contributed by atoms with Crippen LogP contribution in [0.4, 0.5) is 0 Å². The molecule has 0 aliphatic carbocycles. The van der Waals surface area contributed by atoms with Crippen molar-refractivity contribution in [3.63, 3.8) is 0 Å². The van der Waals surface area contributed by atoms with Gasteiger partial charge in [0, 0.05) is 12.5 Å². The van der Waals surface area contributed by atoms with Gasteiger partial charge in [0.1, 0.15) is 11.8 Å². The molecule has 0 saturated carbocycles. The van der Waals surface area contributed by atoms with Gasteiger partial charge in [0.25, 0.3) is 0 Å². The maximum absolute atomic E-state index is 12.3. The predicted octanol–water partition coefficient (Wildman–Crippen LogP) is 0.608. The zero-order valence-corrected chi connectivity index (χ0v) is 12.4. The summed E-state index contributed by atoms with van der Waals surface area (Å²) < 4.78 is 5.38. The molecular weight excluding hydrogens is 290 g/mol. The Kier molecular flexibility index (Phi) is 6.52. The highest BCUT2D eigenvalue weighted by atomic mass is 16.5. The normalized spacial score (nSPS) is 13.0. The lowest BCUT2D eigenvalue weighted by molar-refractivity contribution is -0.147. The number of carboxylic acid groups (broad SMARTS) is 1. The minimum absolute atomic E-state index is 0.169. The van der Waals surface area contributed by atoms with Crippen LogP contribution in [-0.2, 0) is 9.59 Å². The summed E-state index contributed by atoms with van der Waals surface area (Å²) in [7, 11) is 0. The predicted molar refractivity (Wildman–Crippen MR) is 77.8 cm³/mol. The van der Waals surface area contributed by atoms with Gasteiger partial charge in [-0.05, 0) is 30.7 Å². The average molecular weight is 309 g/mol. The summed E-state index contributed by atoms with van der Waals surface area (Å²) in [6, 6.07) is 4.51. The molecule has 120 valence electrons. The quantitative estimate of drug-likeness (QED) is 0.606. The molecular formula is C15H19NO6. The molecule has 1 aromatic rings. The van der Waals surface area contributed by atoms with E-state index in [2.05, 4.69) is 5.32 Å². The van der Waals surface area contributed by atoms with E-state index in [4.69, 9.17) is 9.84 Å². The number of nitrogens with one attached hydrogen (secondary N) is 1. The van der Waals surface area contributed by atoms with Crippen LogP contribution in [0.1, 0.15) is 30.6 Å². The van der Waals surface area contributed by atoms with Crippen LogP contribution in [0.15, 0.2) is 24.3 Å². The van der Waals surface area contributed by atoms with E-state index >= 15 is 0 Å². The molecule has 2 atom stereocenters. The van der Waals surface area contributed by atoms with E-state index in [0.717, 1.165) is 13.3 Å². The molecule has 0 spiro atoms. The Morgan fingerprint density at radius 3 is 2.27 bits per heavy atom. The first-order valence-corrected chi connectivity index (χ1v) is 6.81. The van der Waals surface area contributed by atoms with E-state index < -0.39 is 29.8 Å². The van der Waals surface area contributed by atoms with Crippen molar-refractivity contribution in [3.05, 3.63) is 29.8 Å². The monoisotopic (exact) mass is 309 g/mol. The number of aliphatic hydroxyl groups excluding tert-OH is 1. The van der Waals surface area contributed by atoms with Gasteiger partial charge in [-0.25, -0.2) is 4.79 Å². The molecule has 22 heavy (non-hydrogen) atoms. The highest BCUT2D eigenvalue weighted by Gasteiger charge is 2.33. The zero-order chi connectivity index (χ0) is 16.7. The van der Waals surface area contributed by atoms with Crippen molar-refractivity contribution in [2.75, 3.05) is 6.61 Å². The summed E-state index contributed by atoms with van der Waals surface area (Å²) in [4.78, 5) is 34.2. The van der Waals surface area contributed by atoms with Crippen LogP contribution in [0.2, 0.25) is 0 Å². The maximum atomic E-state index is 12.3. The largest absolute Gasteiger partial charge is 0.494 e. The van der Waals surface area contributed by atoms with Gasteiger partial charge in [-0.15, -0.1) is 0 Å². The van der Waals surface area contributed by atoms with E-state index in [1.54, 1.807) is 12.1 Å². The first-order valence-electron chi connectivity index (χ1n) is 6.81. The Hall–Kier alpha value is -2.41. The van der Waals surface area contributed by atoms with Crippen molar-refractivity contribution >= 4 is 17.7 Å². The number of aliphatic hydroxyl groups is 1. The number of ether oxygens (including phenoxy) is 1. The van der Waals surface area contributed by atoms with Gasteiger partial charge in [-0.3, -0.25) is 9.59 Å². The van der Waals surface area contributed by atoms with E-state index in [1.165, 1.54) is 12.1 Å². The van der Waals surface area contributed by atoms with E-state index in [0.29, 0.717) is 12.4 Å². The van der Waals surface area contributed by atoms with Crippen molar-refractivity contribution in [1.29, 1.82) is 0 Å². The smallest absolute Gasteiger partial charge is 0.335 e. The first kappa shape index (κ1) is 17.6. The van der Waals surface area contributed by atoms with Crippen molar-refractivity contribution < 1.29 is 29.3 Å². The van der Waals surface area contributed by atoms with Crippen molar-refractivity contribution in [1.82, 2.24) is 5.32 Å². The molecule has 0 bridgehead atoms. The fourth-order valence-corrected chi connectivity index (χ4v) is 1.76. The second kappa shape index (κ2) is 8.14. The third kappa shape index (κ3) is 4.85. The van der Waals surface area contributed by atoms with Gasteiger partial charge in [0.2, 0.25) is 5.91 Å². The maximum Gasteiger partial charge on any atom is 0.335 e. The summed E-state index contributed by atoms with van der Waals surface area (Å²) in [5.41, 5.74) is 0.169. The molecule has 1 amide bonds. The molecule has 1 aromatic carbocycles. The van der Waals surface area contributed by atoms with Crippen molar-refractivity contribution in [2.24, 2.45) is 0 Å². The van der Waals surface area contributed by atoms with Crippen LogP contribution in [0.5, 0.6) is 5.75 Å². The van der Waals surface area contributed by atoms with Crippen LogP contribution < -0.4 is 10.1 Å². The fourth-order valence-electron chi connectivity index (χ4n) is 1.76. The molecule has 0 aliphatic rings. The van der Waals surface area contributed by atoms with E-state index in [-0.39, 0.29) is 5.56 Å². The number of benzene rings is 1. The third-order valence-electron chi connectivity index (χ3n) is 2.82. The van der Waals surface area contributed by atoms with Gasteiger partial charge < -0.3 is 20.3 Å². The molecule has 2 unspecified atom stereocenters. The molecule has 0 heterocycles. The van der Waals surface area contributed by atoms with Gasteiger partial charge >= 0.3 is 5.97 Å². The Labute approximate surface area is 127 Å². The van der Waals surface area contributed by atoms with Crippen LogP contribution >= 0.6 is 0 Å². The number of carboxylic acids is 1. The topological polar surface area (TPSA) is 113 Å². The SMILES string of the molecule is CCCOc1ccc(C(=O)C(NC(C)=O)C(O)C(=O)O)cc1. The molecule has 0 radical (unpaired) electrons. The number of carbonyl (C=O) groups is 3. The third-order valence-corrected chi connectivity index (χ3v) is 2.82. The Balaban J connectivity index is 2.93. The molecule has 0 aromatic heterocycles. The Bertz CT molecular complexity index is 539. The minimum Gasteiger partial charge on any atom is -0.494 e. The van der Waals surface area contributed by atoms with E-state index in [1.807, 2.05) is 6.92 Å². The van der Waals surface area contributed by atoms with Crippen molar-refractivity contribution in [2.45, 2.75) is 32.4 Å². The Morgan fingerprint density at radius 2 is 1.82 bits per heavy atom. The summed E-state index contributed by atoms with van der Waals surface area (Å²) in [5.74, 6) is -2.31. The van der Waals surface area contributed by atoms with E-state index in [9.17, 15) is 19.5 Å². The lowest BCUT2D eigenvalue weighted by Crippen LogP contribution is -2.51. The van der Waals surface area contributed by atoms with Crippen LogP contribution in [-0.4, -0.2) is 46.6 Å². The summed E-state index contributed by atoms with van der Waals surface area (Å²) in [6.45, 7) is 3.64. The van der Waals surface area contributed by atoms with Crippen LogP contribution in [0.3, 0.4) is 0 Å². The number of Topliss-reactive ketones (excluding diaryl/α,β-unsaturated/α-hetero) is 1. The van der Waals surface area contributed by atoms with Crippen molar-refractivity contribution in [3.8, 4) is 5.75 Å². The number of ketones is 1. The average Bonchev–Trinajstić information content (AvgIpc) is 2.49. The highest BCUT2D eigenvalue weighted by Crippen LogP contribution is 2.15. The molecule has 0 fully saturated rings. The first-order chi connectivity index (χ1) is 10.4. The number of hydrogen-bond acceptors (Lipinski definition) is 5. The lowest BCUT2D eigenvalue weighted by atomic mass is 9.99. The molecule has 7 heteroatoms. The van der Waals surface area contributed by atoms with Gasteiger partial charge in [0.05, 0.1) is 6.61 Å². The number of aliphatic carboxylic acids is 1. The fraction of sp³-hybridized carbons (Fsp3) is 0.400. The molecule has 3 N–H and O–H groups in total. The Morgan fingerprint density at radius 1 is 1.23 bits per heavy atom.